The van der Waals surface area contributed by atoms with Crippen molar-refractivity contribution in [2.24, 2.45) is 11.7 Å². The molecule has 1 unspecified atom stereocenters. The van der Waals surface area contributed by atoms with Gasteiger partial charge in [-0.3, -0.25) is 0 Å². The SMILES string of the molecule is Cc1[nH]c2cc(F)ccc2c1C(CN)C1CCCCC1. The van der Waals surface area contributed by atoms with E-state index in [1.165, 1.54) is 37.7 Å². The molecule has 3 N–H and O–H groups in total. The van der Waals surface area contributed by atoms with Crippen LogP contribution in [0.4, 0.5) is 4.39 Å². The lowest BCUT2D eigenvalue weighted by Gasteiger charge is -2.30. The Morgan fingerprint density at radius 2 is 2.05 bits per heavy atom. The number of hydrogen-bond donors (Lipinski definition) is 2. The molecule has 1 aromatic carbocycles. The first-order valence-electron chi connectivity index (χ1n) is 7.68. The fourth-order valence-corrected chi connectivity index (χ4v) is 3.89. The Morgan fingerprint density at radius 1 is 1.30 bits per heavy atom. The fraction of sp³-hybridized carbons (Fsp3) is 0.529. The number of aryl methyl sites for hydroxylation is 1. The molecule has 0 bridgehead atoms. The number of H-pyrrole nitrogens is 1. The normalized spacial score (nSPS) is 18.6. The van der Waals surface area contributed by atoms with Gasteiger partial charge in [0.1, 0.15) is 5.82 Å². The van der Waals surface area contributed by atoms with Crippen LogP contribution in [0.3, 0.4) is 0 Å². The molecule has 0 aliphatic heterocycles. The molecule has 1 saturated carbocycles. The Bertz CT molecular complexity index is 596. The van der Waals surface area contributed by atoms with E-state index >= 15 is 0 Å². The molecular formula is C17H23FN2. The minimum atomic E-state index is -0.188. The van der Waals surface area contributed by atoms with Crippen LogP contribution < -0.4 is 5.73 Å². The van der Waals surface area contributed by atoms with Crippen molar-refractivity contribution in [1.82, 2.24) is 4.98 Å². The van der Waals surface area contributed by atoms with Crippen molar-refractivity contribution in [3.8, 4) is 0 Å². The Morgan fingerprint density at radius 3 is 2.75 bits per heavy atom. The maximum atomic E-state index is 13.4. The number of nitrogens with two attached hydrogens (primary N) is 1. The first-order chi connectivity index (χ1) is 9.70. The van der Waals surface area contributed by atoms with E-state index in [2.05, 4.69) is 11.9 Å². The van der Waals surface area contributed by atoms with E-state index < -0.39 is 0 Å². The molecule has 1 aromatic heterocycles. The lowest BCUT2D eigenvalue weighted by molar-refractivity contribution is 0.308. The number of aromatic nitrogens is 1. The van der Waals surface area contributed by atoms with Crippen molar-refractivity contribution in [3.05, 3.63) is 35.3 Å². The summed E-state index contributed by atoms with van der Waals surface area (Å²) in [4.78, 5) is 3.33. The molecule has 20 heavy (non-hydrogen) atoms. The third-order valence-corrected chi connectivity index (χ3v) is 4.84. The summed E-state index contributed by atoms with van der Waals surface area (Å²) in [6.07, 6.45) is 6.53. The molecule has 2 aromatic rings. The van der Waals surface area contributed by atoms with Gasteiger partial charge in [0.25, 0.3) is 0 Å². The molecule has 0 radical (unpaired) electrons. The van der Waals surface area contributed by atoms with E-state index in [1.54, 1.807) is 12.1 Å². The van der Waals surface area contributed by atoms with Gasteiger partial charge in [-0.1, -0.05) is 19.3 Å². The first kappa shape index (κ1) is 13.6. The predicted molar refractivity (Wildman–Crippen MR) is 81.4 cm³/mol. The molecule has 1 fully saturated rings. The van der Waals surface area contributed by atoms with Crippen molar-refractivity contribution < 1.29 is 4.39 Å². The Labute approximate surface area is 119 Å². The smallest absolute Gasteiger partial charge is 0.125 e. The first-order valence-corrected chi connectivity index (χ1v) is 7.68. The average Bonchev–Trinajstić information content (AvgIpc) is 2.77. The van der Waals surface area contributed by atoms with Crippen LogP contribution in [-0.4, -0.2) is 11.5 Å². The highest BCUT2D eigenvalue weighted by Gasteiger charge is 2.27. The minimum absolute atomic E-state index is 0.188. The van der Waals surface area contributed by atoms with E-state index in [1.807, 2.05) is 6.07 Å². The third-order valence-electron chi connectivity index (χ3n) is 4.84. The number of hydrogen-bond acceptors (Lipinski definition) is 1. The van der Waals surface area contributed by atoms with Crippen molar-refractivity contribution in [3.63, 3.8) is 0 Å². The largest absolute Gasteiger partial charge is 0.358 e. The Hall–Kier alpha value is -1.35. The van der Waals surface area contributed by atoms with Crippen LogP contribution in [0.5, 0.6) is 0 Å². The van der Waals surface area contributed by atoms with Gasteiger partial charge in [-0.15, -0.1) is 0 Å². The molecule has 1 atom stereocenters. The minimum Gasteiger partial charge on any atom is -0.358 e. The van der Waals surface area contributed by atoms with E-state index in [9.17, 15) is 4.39 Å². The van der Waals surface area contributed by atoms with Gasteiger partial charge in [-0.2, -0.15) is 0 Å². The summed E-state index contributed by atoms with van der Waals surface area (Å²) >= 11 is 0. The van der Waals surface area contributed by atoms with Crippen molar-refractivity contribution in [2.75, 3.05) is 6.54 Å². The number of rotatable bonds is 3. The van der Waals surface area contributed by atoms with Gasteiger partial charge in [0.15, 0.2) is 0 Å². The van der Waals surface area contributed by atoms with E-state index in [4.69, 9.17) is 5.73 Å². The zero-order chi connectivity index (χ0) is 14.1. The molecule has 3 rings (SSSR count). The van der Waals surface area contributed by atoms with Crippen LogP contribution >= 0.6 is 0 Å². The van der Waals surface area contributed by atoms with Gasteiger partial charge in [0.05, 0.1) is 0 Å². The number of benzene rings is 1. The van der Waals surface area contributed by atoms with E-state index in [-0.39, 0.29) is 5.82 Å². The fourth-order valence-electron chi connectivity index (χ4n) is 3.89. The van der Waals surface area contributed by atoms with Gasteiger partial charge in [-0.25, -0.2) is 4.39 Å². The molecule has 1 aliphatic carbocycles. The molecule has 108 valence electrons. The number of nitrogens with one attached hydrogen (secondary N) is 1. The Kier molecular flexibility index (Phi) is 3.79. The van der Waals surface area contributed by atoms with Crippen molar-refractivity contribution in [2.45, 2.75) is 44.9 Å². The van der Waals surface area contributed by atoms with Crippen LogP contribution in [0.15, 0.2) is 18.2 Å². The van der Waals surface area contributed by atoms with Crippen molar-refractivity contribution >= 4 is 10.9 Å². The summed E-state index contributed by atoms with van der Waals surface area (Å²) < 4.78 is 13.4. The second-order valence-corrected chi connectivity index (χ2v) is 6.09. The molecular weight excluding hydrogens is 251 g/mol. The third kappa shape index (κ3) is 2.35. The topological polar surface area (TPSA) is 41.8 Å². The highest BCUT2D eigenvalue weighted by Crippen LogP contribution is 2.39. The second-order valence-electron chi connectivity index (χ2n) is 6.09. The standard InChI is InChI=1S/C17H23FN2/c1-11-17(14-8-7-13(18)9-16(14)20-11)15(10-19)12-5-3-2-4-6-12/h7-9,12,15,20H,2-6,10,19H2,1H3. The summed E-state index contributed by atoms with van der Waals surface area (Å²) in [5.41, 5.74) is 9.45. The summed E-state index contributed by atoms with van der Waals surface area (Å²) in [5.74, 6) is 0.887. The molecule has 1 heterocycles. The summed E-state index contributed by atoms with van der Waals surface area (Å²) in [6, 6.07) is 5.03. The summed E-state index contributed by atoms with van der Waals surface area (Å²) in [6.45, 7) is 2.76. The molecule has 3 heteroatoms. The van der Waals surface area contributed by atoms with Gasteiger partial charge in [0, 0.05) is 22.5 Å². The summed E-state index contributed by atoms with van der Waals surface area (Å²) in [5, 5.41) is 1.14. The maximum Gasteiger partial charge on any atom is 0.125 e. The average molecular weight is 274 g/mol. The van der Waals surface area contributed by atoms with Gasteiger partial charge < -0.3 is 10.7 Å². The van der Waals surface area contributed by atoms with Crippen LogP contribution in [0, 0.1) is 18.7 Å². The monoisotopic (exact) mass is 274 g/mol. The zero-order valence-electron chi connectivity index (χ0n) is 12.1. The van der Waals surface area contributed by atoms with E-state index in [0.717, 1.165) is 16.6 Å². The second kappa shape index (κ2) is 5.57. The highest BCUT2D eigenvalue weighted by atomic mass is 19.1. The lowest BCUT2D eigenvalue weighted by atomic mass is 9.76. The molecule has 0 spiro atoms. The highest BCUT2D eigenvalue weighted by molar-refractivity contribution is 5.85. The predicted octanol–water partition coefficient (Wildman–Crippen LogP) is 4.24. The number of halogens is 1. The number of fused-ring (bicyclic) bond motifs is 1. The molecule has 1 aliphatic rings. The summed E-state index contributed by atoms with van der Waals surface area (Å²) in [7, 11) is 0. The van der Waals surface area contributed by atoms with Gasteiger partial charge in [-0.05, 0) is 56.0 Å². The number of aromatic amines is 1. The van der Waals surface area contributed by atoms with Gasteiger partial charge >= 0.3 is 0 Å². The van der Waals surface area contributed by atoms with Gasteiger partial charge in [0.2, 0.25) is 0 Å². The molecule has 0 saturated heterocycles. The van der Waals surface area contributed by atoms with Crippen LogP contribution in [0.25, 0.3) is 10.9 Å². The quantitative estimate of drug-likeness (QED) is 0.863. The van der Waals surface area contributed by atoms with Crippen LogP contribution in [-0.2, 0) is 0 Å². The molecule has 0 amide bonds. The molecule has 2 nitrogen and oxygen atoms in total. The van der Waals surface area contributed by atoms with E-state index in [0.29, 0.717) is 18.4 Å². The zero-order valence-corrected chi connectivity index (χ0v) is 12.1. The van der Waals surface area contributed by atoms with Crippen LogP contribution in [0.2, 0.25) is 0 Å². The van der Waals surface area contributed by atoms with Crippen LogP contribution in [0.1, 0.15) is 49.3 Å². The maximum absolute atomic E-state index is 13.4. The van der Waals surface area contributed by atoms with Crippen molar-refractivity contribution in [1.29, 1.82) is 0 Å². The Balaban J connectivity index is 2.04. The lowest BCUT2D eigenvalue weighted by Crippen LogP contribution is -2.24.